The highest BCUT2D eigenvalue weighted by Crippen LogP contribution is 2.14. The molecule has 2 amide bonds. The summed E-state index contributed by atoms with van der Waals surface area (Å²) in [6.45, 7) is 0. The van der Waals surface area contributed by atoms with E-state index in [0.717, 1.165) is 5.00 Å². The maximum atomic E-state index is 11.2. The van der Waals surface area contributed by atoms with E-state index in [1.54, 1.807) is 6.07 Å². The van der Waals surface area contributed by atoms with Crippen LogP contribution in [0.3, 0.4) is 0 Å². The van der Waals surface area contributed by atoms with Gasteiger partial charge in [-0.1, -0.05) is 5.10 Å². The van der Waals surface area contributed by atoms with Crippen molar-refractivity contribution in [2.45, 2.75) is 0 Å². The zero-order valence-electron chi connectivity index (χ0n) is 6.89. The SMILES string of the molecule is O=C(Nc1nnn[nH]1)Nc1cccs1. The number of rotatable bonds is 2. The number of tetrazole rings is 1. The fraction of sp³-hybridized carbons (Fsp3) is 0. The fourth-order valence-corrected chi connectivity index (χ4v) is 1.42. The molecular formula is C6H6N6OS. The Morgan fingerprint density at radius 3 is 3.07 bits per heavy atom. The maximum Gasteiger partial charge on any atom is 0.326 e. The third-order valence-corrected chi connectivity index (χ3v) is 2.12. The number of thiophene rings is 1. The van der Waals surface area contributed by atoms with Crippen LogP contribution in [0.1, 0.15) is 0 Å². The predicted octanol–water partition coefficient (Wildman–Crippen LogP) is 0.905. The molecule has 0 bridgehead atoms. The fourth-order valence-electron chi connectivity index (χ4n) is 0.812. The molecule has 2 rings (SSSR count). The number of carbonyl (C=O) groups excluding carboxylic acids is 1. The van der Waals surface area contributed by atoms with Crippen molar-refractivity contribution in [3.8, 4) is 0 Å². The van der Waals surface area contributed by atoms with E-state index < -0.39 is 0 Å². The van der Waals surface area contributed by atoms with Crippen LogP contribution in [0.25, 0.3) is 0 Å². The first-order chi connectivity index (χ1) is 6.84. The lowest BCUT2D eigenvalue weighted by Crippen LogP contribution is -2.19. The van der Waals surface area contributed by atoms with Crippen LogP contribution in [0.2, 0.25) is 0 Å². The number of hydrogen-bond donors (Lipinski definition) is 3. The number of aromatic nitrogens is 4. The van der Waals surface area contributed by atoms with Crippen LogP contribution >= 0.6 is 11.3 Å². The number of carbonyl (C=O) groups is 1. The molecule has 0 radical (unpaired) electrons. The van der Waals surface area contributed by atoms with Crippen molar-refractivity contribution in [2.75, 3.05) is 10.6 Å². The highest BCUT2D eigenvalue weighted by molar-refractivity contribution is 7.14. The summed E-state index contributed by atoms with van der Waals surface area (Å²) >= 11 is 1.43. The second-order valence-corrected chi connectivity index (χ2v) is 3.25. The molecule has 14 heavy (non-hydrogen) atoms. The lowest BCUT2D eigenvalue weighted by molar-refractivity contribution is 0.262. The molecule has 8 heteroatoms. The summed E-state index contributed by atoms with van der Waals surface area (Å²) in [5, 5.41) is 20.2. The van der Waals surface area contributed by atoms with Crippen LogP contribution in [0.15, 0.2) is 17.5 Å². The van der Waals surface area contributed by atoms with Crippen molar-refractivity contribution in [3.63, 3.8) is 0 Å². The van der Waals surface area contributed by atoms with E-state index in [1.165, 1.54) is 11.3 Å². The third-order valence-electron chi connectivity index (χ3n) is 1.34. The van der Waals surface area contributed by atoms with E-state index in [2.05, 4.69) is 31.3 Å². The summed E-state index contributed by atoms with van der Waals surface area (Å²) in [6.07, 6.45) is 0. The molecule has 0 spiro atoms. The van der Waals surface area contributed by atoms with Crippen molar-refractivity contribution < 1.29 is 4.79 Å². The first-order valence-electron chi connectivity index (χ1n) is 3.70. The molecule has 2 aromatic heterocycles. The Morgan fingerprint density at radius 1 is 1.50 bits per heavy atom. The van der Waals surface area contributed by atoms with E-state index in [4.69, 9.17) is 0 Å². The van der Waals surface area contributed by atoms with Crippen LogP contribution in [0.4, 0.5) is 15.7 Å². The summed E-state index contributed by atoms with van der Waals surface area (Å²) in [5.74, 6) is 0.207. The molecule has 7 nitrogen and oxygen atoms in total. The summed E-state index contributed by atoms with van der Waals surface area (Å²) < 4.78 is 0. The third kappa shape index (κ3) is 2.04. The van der Waals surface area contributed by atoms with E-state index in [9.17, 15) is 4.79 Å². The van der Waals surface area contributed by atoms with Crippen LogP contribution in [-0.2, 0) is 0 Å². The van der Waals surface area contributed by atoms with Gasteiger partial charge in [0.15, 0.2) is 0 Å². The molecule has 0 aliphatic carbocycles. The number of urea groups is 1. The maximum absolute atomic E-state index is 11.2. The Hall–Kier alpha value is -1.96. The van der Waals surface area contributed by atoms with Gasteiger partial charge in [-0.25, -0.2) is 9.89 Å². The molecule has 2 aromatic rings. The lowest BCUT2D eigenvalue weighted by atomic mass is 10.6. The van der Waals surface area contributed by atoms with Gasteiger partial charge in [0.25, 0.3) is 0 Å². The van der Waals surface area contributed by atoms with E-state index in [-0.39, 0.29) is 12.0 Å². The molecule has 0 aliphatic rings. The zero-order valence-corrected chi connectivity index (χ0v) is 7.71. The highest BCUT2D eigenvalue weighted by atomic mass is 32.1. The minimum Gasteiger partial charge on any atom is -0.299 e. The Morgan fingerprint density at radius 2 is 2.43 bits per heavy atom. The number of amides is 2. The van der Waals surface area contributed by atoms with Gasteiger partial charge in [-0.05, 0) is 27.9 Å². The Labute approximate surface area is 82.5 Å². The molecule has 0 fully saturated rings. The van der Waals surface area contributed by atoms with Crippen molar-refractivity contribution in [3.05, 3.63) is 17.5 Å². The van der Waals surface area contributed by atoms with Crippen molar-refractivity contribution in [1.29, 1.82) is 0 Å². The standard InChI is InChI=1S/C6H6N6OS/c13-6(7-4-2-1-3-14-4)8-5-9-11-12-10-5/h1-3H,(H3,7,8,9,10,11,12,13). The van der Waals surface area contributed by atoms with Gasteiger partial charge in [-0.2, -0.15) is 0 Å². The zero-order chi connectivity index (χ0) is 9.80. The number of aromatic amines is 1. The van der Waals surface area contributed by atoms with Crippen LogP contribution < -0.4 is 10.6 Å². The highest BCUT2D eigenvalue weighted by Gasteiger charge is 2.04. The largest absolute Gasteiger partial charge is 0.326 e. The van der Waals surface area contributed by atoms with Gasteiger partial charge in [-0.15, -0.1) is 11.3 Å². The molecule has 0 saturated carbocycles. The smallest absolute Gasteiger partial charge is 0.299 e. The number of nitrogens with one attached hydrogen (secondary N) is 3. The van der Waals surface area contributed by atoms with Gasteiger partial charge < -0.3 is 0 Å². The quantitative estimate of drug-likeness (QED) is 0.686. The molecule has 0 unspecified atom stereocenters. The first kappa shape index (κ1) is 8.63. The normalized spacial score (nSPS) is 9.71. The van der Waals surface area contributed by atoms with E-state index in [1.807, 2.05) is 11.4 Å². The van der Waals surface area contributed by atoms with Crippen LogP contribution in [0.5, 0.6) is 0 Å². The number of hydrogen-bond acceptors (Lipinski definition) is 5. The molecule has 0 aliphatic heterocycles. The summed E-state index contributed by atoms with van der Waals surface area (Å²) in [7, 11) is 0. The molecule has 0 atom stereocenters. The van der Waals surface area contributed by atoms with Crippen LogP contribution in [0, 0.1) is 0 Å². The minimum atomic E-state index is -0.383. The van der Waals surface area contributed by atoms with Crippen LogP contribution in [-0.4, -0.2) is 26.7 Å². The Bertz CT molecular complexity index is 358. The Balaban J connectivity index is 1.91. The van der Waals surface area contributed by atoms with Crippen molar-refractivity contribution >= 4 is 28.3 Å². The molecule has 0 aromatic carbocycles. The predicted molar refractivity (Wildman–Crippen MR) is 51.1 cm³/mol. The average molecular weight is 210 g/mol. The molecular weight excluding hydrogens is 204 g/mol. The monoisotopic (exact) mass is 210 g/mol. The van der Waals surface area contributed by atoms with Crippen molar-refractivity contribution in [2.24, 2.45) is 0 Å². The second-order valence-electron chi connectivity index (χ2n) is 2.31. The second kappa shape index (κ2) is 3.83. The van der Waals surface area contributed by atoms with Crippen molar-refractivity contribution in [1.82, 2.24) is 20.6 Å². The molecule has 0 saturated heterocycles. The summed E-state index contributed by atoms with van der Waals surface area (Å²) in [4.78, 5) is 11.2. The topological polar surface area (TPSA) is 95.6 Å². The molecule has 2 heterocycles. The number of nitrogens with zero attached hydrogens (tertiary/aromatic N) is 3. The number of anilines is 2. The van der Waals surface area contributed by atoms with E-state index >= 15 is 0 Å². The van der Waals surface area contributed by atoms with E-state index in [0.29, 0.717) is 0 Å². The van der Waals surface area contributed by atoms with Gasteiger partial charge in [0.1, 0.15) is 0 Å². The molecule has 72 valence electrons. The average Bonchev–Trinajstić information content (AvgIpc) is 2.76. The molecule has 3 N–H and O–H groups in total. The van der Waals surface area contributed by atoms with Gasteiger partial charge in [0.05, 0.1) is 5.00 Å². The van der Waals surface area contributed by atoms with Gasteiger partial charge in [0.2, 0.25) is 5.95 Å². The Kier molecular flexibility index (Phi) is 2.36. The summed E-state index contributed by atoms with van der Waals surface area (Å²) in [5.41, 5.74) is 0. The number of H-pyrrole nitrogens is 1. The lowest BCUT2D eigenvalue weighted by Gasteiger charge is -2.00. The van der Waals surface area contributed by atoms with Gasteiger partial charge in [-0.3, -0.25) is 10.6 Å². The first-order valence-corrected chi connectivity index (χ1v) is 4.58. The minimum absolute atomic E-state index is 0.207. The van der Waals surface area contributed by atoms with Gasteiger partial charge in [0, 0.05) is 0 Å². The van der Waals surface area contributed by atoms with Gasteiger partial charge >= 0.3 is 6.03 Å². The summed E-state index contributed by atoms with van der Waals surface area (Å²) in [6, 6.07) is 3.25.